The molecule has 1 N–H and O–H groups in total. The van der Waals surface area contributed by atoms with Crippen molar-refractivity contribution in [2.75, 3.05) is 14.2 Å². The molecule has 0 unspecified atom stereocenters. The van der Waals surface area contributed by atoms with Gasteiger partial charge in [-0.1, -0.05) is 19.1 Å². The van der Waals surface area contributed by atoms with Crippen LogP contribution in [0.15, 0.2) is 51.8 Å². The minimum atomic E-state index is -3.65. The molecule has 7 heteroatoms. The van der Waals surface area contributed by atoms with E-state index in [0.29, 0.717) is 16.6 Å². The van der Waals surface area contributed by atoms with E-state index < -0.39 is 10.0 Å². The molecule has 1 atom stereocenters. The lowest BCUT2D eigenvalue weighted by atomic mass is 10.1. The van der Waals surface area contributed by atoms with Crippen molar-refractivity contribution < 1.29 is 17.9 Å². The van der Waals surface area contributed by atoms with Gasteiger partial charge < -0.3 is 9.47 Å². The molecule has 2 rings (SSSR count). The normalized spacial score (nSPS) is 12.7. The van der Waals surface area contributed by atoms with Gasteiger partial charge in [-0.15, -0.1) is 0 Å². The summed E-state index contributed by atoms with van der Waals surface area (Å²) in [5.41, 5.74) is 0.884. The zero-order chi connectivity index (χ0) is 17.7. The van der Waals surface area contributed by atoms with Crippen LogP contribution in [0.5, 0.6) is 11.5 Å². The molecule has 0 heterocycles. The number of nitrogens with one attached hydrogen (secondary N) is 1. The highest BCUT2D eigenvalue weighted by Crippen LogP contribution is 2.28. The maximum absolute atomic E-state index is 12.7. The van der Waals surface area contributed by atoms with Gasteiger partial charge in [0.15, 0.2) is 0 Å². The first kappa shape index (κ1) is 18.8. The second kappa shape index (κ2) is 8.00. The Morgan fingerprint density at radius 3 is 2.25 bits per heavy atom. The summed E-state index contributed by atoms with van der Waals surface area (Å²) >= 11 is 3.31. The van der Waals surface area contributed by atoms with Crippen molar-refractivity contribution in [3.63, 3.8) is 0 Å². The summed E-state index contributed by atoms with van der Waals surface area (Å²) in [7, 11) is -0.525. The number of benzene rings is 2. The predicted octanol–water partition coefficient (Wildman–Crippen LogP) is 3.90. The van der Waals surface area contributed by atoms with Crippen LogP contribution in [-0.4, -0.2) is 22.6 Å². The highest BCUT2D eigenvalue weighted by Gasteiger charge is 2.21. The van der Waals surface area contributed by atoms with Gasteiger partial charge in [0.05, 0.1) is 23.6 Å². The third-order valence-corrected chi connectivity index (χ3v) is 5.75. The molecule has 0 radical (unpaired) electrons. The molecule has 0 aliphatic rings. The zero-order valence-corrected chi connectivity index (χ0v) is 16.1. The van der Waals surface area contributed by atoms with Gasteiger partial charge in [-0.3, -0.25) is 0 Å². The quantitative estimate of drug-likeness (QED) is 0.747. The lowest BCUT2D eigenvalue weighted by Crippen LogP contribution is -2.28. The summed E-state index contributed by atoms with van der Waals surface area (Å²) in [5, 5.41) is 0. The van der Waals surface area contributed by atoms with Gasteiger partial charge in [-0.05, 0) is 58.2 Å². The maximum Gasteiger partial charge on any atom is 0.241 e. The molecular weight excluding hydrogens is 394 g/mol. The van der Waals surface area contributed by atoms with Crippen molar-refractivity contribution in [3.8, 4) is 11.5 Å². The highest BCUT2D eigenvalue weighted by atomic mass is 79.9. The number of methoxy groups -OCH3 is 2. The summed E-state index contributed by atoms with van der Waals surface area (Å²) < 4.78 is 38.9. The molecule has 0 aromatic heterocycles. The Balaban J connectivity index is 2.26. The Kier molecular flexibility index (Phi) is 6.26. The summed E-state index contributed by atoms with van der Waals surface area (Å²) in [4.78, 5) is 0.183. The van der Waals surface area contributed by atoms with E-state index in [1.54, 1.807) is 13.2 Å². The first-order valence-corrected chi connectivity index (χ1v) is 9.68. The molecule has 0 aliphatic heterocycles. The summed E-state index contributed by atoms with van der Waals surface area (Å²) in [6.45, 7) is 1.93. The summed E-state index contributed by atoms with van der Waals surface area (Å²) in [6, 6.07) is 11.7. The number of ether oxygens (including phenoxy) is 2. The minimum Gasteiger partial charge on any atom is -0.497 e. The monoisotopic (exact) mass is 413 g/mol. The highest BCUT2D eigenvalue weighted by molar-refractivity contribution is 9.10. The molecule has 0 saturated carbocycles. The summed E-state index contributed by atoms with van der Waals surface area (Å²) in [6.07, 6.45) is 0.628. The standard InChI is InChI=1S/C17H20BrNO4S/c1-4-16(12-5-7-13(22-2)8-6-12)19-24(20,21)14-9-10-17(23-3)15(18)11-14/h5-11,16,19H,4H2,1-3H3/t16-/m0/s1. The van der Waals surface area contributed by atoms with E-state index in [9.17, 15) is 8.42 Å². The lowest BCUT2D eigenvalue weighted by molar-refractivity contribution is 0.411. The van der Waals surface area contributed by atoms with E-state index in [1.807, 2.05) is 31.2 Å². The topological polar surface area (TPSA) is 64.6 Å². The van der Waals surface area contributed by atoms with Gasteiger partial charge >= 0.3 is 0 Å². The van der Waals surface area contributed by atoms with Crippen molar-refractivity contribution in [3.05, 3.63) is 52.5 Å². The molecule has 2 aromatic rings. The SMILES string of the molecule is CC[C@H](NS(=O)(=O)c1ccc(OC)c(Br)c1)c1ccc(OC)cc1. The third kappa shape index (κ3) is 4.28. The number of sulfonamides is 1. The van der Waals surface area contributed by atoms with Crippen molar-refractivity contribution in [1.82, 2.24) is 4.72 Å². The van der Waals surface area contributed by atoms with Crippen LogP contribution in [0, 0.1) is 0 Å². The van der Waals surface area contributed by atoms with Crippen molar-refractivity contribution >= 4 is 26.0 Å². The molecule has 0 saturated heterocycles. The molecule has 0 spiro atoms. The number of hydrogen-bond acceptors (Lipinski definition) is 4. The van der Waals surface area contributed by atoms with Crippen LogP contribution < -0.4 is 14.2 Å². The van der Waals surface area contributed by atoms with Gasteiger partial charge in [0.1, 0.15) is 11.5 Å². The fourth-order valence-electron chi connectivity index (χ4n) is 2.29. The van der Waals surface area contributed by atoms with Crippen LogP contribution in [-0.2, 0) is 10.0 Å². The Labute approximate surface area is 151 Å². The van der Waals surface area contributed by atoms with Gasteiger partial charge in [0.2, 0.25) is 10.0 Å². The summed E-state index contributed by atoms with van der Waals surface area (Å²) in [5.74, 6) is 1.31. The molecule has 0 bridgehead atoms. The largest absolute Gasteiger partial charge is 0.497 e. The van der Waals surface area contributed by atoms with E-state index in [2.05, 4.69) is 20.7 Å². The van der Waals surface area contributed by atoms with E-state index in [4.69, 9.17) is 9.47 Å². The van der Waals surface area contributed by atoms with E-state index in [-0.39, 0.29) is 10.9 Å². The smallest absolute Gasteiger partial charge is 0.241 e. The fraction of sp³-hybridized carbons (Fsp3) is 0.294. The third-order valence-electron chi connectivity index (χ3n) is 3.66. The zero-order valence-electron chi connectivity index (χ0n) is 13.7. The molecule has 2 aromatic carbocycles. The average molecular weight is 414 g/mol. The van der Waals surface area contributed by atoms with Gasteiger partial charge in [0, 0.05) is 6.04 Å². The molecule has 24 heavy (non-hydrogen) atoms. The molecule has 130 valence electrons. The van der Waals surface area contributed by atoms with Crippen LogP contribution in [0.3, 0.4) is 0 Å². The Morgan fingerprint density at radius 2 is 1.75 bits per heavy atom. The van der Waals surface area contributed by atoms with Crippen LogP contribution in [0.25, 0.3) is 0 Å². The molecule has 5 nitrogen and oxygen atoms in total. The first-order valence-electron chi connectivity index (χ1n) is 7.41. The fourth-order valence-corrected chi connectivity index (χ4v) is 4.32. The Bertz CT molecular complexity index is 791. The number of halogens is 1. The van der Waals surface area contributed by atoms with Crippen LogP contribution >= 0.6 is 15.9 Å². The first-order chi connectivity index (χ1) is 11.4. The van der Waals surface area contributed by atoms with Crippen LogP contribution in [0.1, 0.15) is 24.9 Å². The van der Waals surface area contributed by atoms with Crippen LogP contribution in [0.4, 0.5) is 0 Å². The number of rotatable bonds is 7. The average Bonchev–Trinajstić information content (AvgIpc) is 2.59. The Hall–Kier alpha value is -1.57. The molecule has 0 aliphatic carbocycles. The van der Waals surface area contributed by atoms with Crippen molar-refractivity contribution in [2.45, 2.75) is 24.3 Å². The van der Waals surface area contributed by atoms with E-state index in [1.165, 1.54) is 19.2 Å². The van der Waals surface area contributed by atoms with E-state index >= 15 is 0 Å². The van der Waals surface area contributed by atoms with Gasteiger partial charge in [-0.2, -0.15) is 0 Å². The lowest BCUT2D eigenvalue weighted by Gasteiger charge is -2.18. The second-order valence-corrected chi connectivity index (χ2v) is 7.72. The maximum atomic E-state index is 12.7. The van der Waals surface area contributed by atoms with E-state index in [0.717, 1.165) is 11.3 Å². The van der Waals surface area contributed by atoms with Crippen molar-refractivity contribution in [2.24, 2.45) is 0 Å². The van der Waals surface area contributed by atoms with Gasteiger partial charge in [-0.25, -0.2) is 13.1 Å². The molecule has 0 fully saturated rings. The minimum absolute atomic E-state index is 0.183. The second-order valence-electron chi connectivity index (χ2n) is 5.15. The van der Waals surface area contributed by atoms with Gasteiger partial charge in [0.25, 0.3) is 0 Å². The van der Waals surface area contributed by atoms with Crippen LogP contribution in [0.2, 0.25) is 0 Å². The Morgan fingerprint density at radius 1 is 1.08 bits per heavy atom. The number of hydrogen-bond donors (Lipinski definition) is 1. The molecular formula is C17H20BrNO4S. The van der Waals surface area contributed by atoms with Crippen molar-refractivity contribution in [1.29, 1.82) is 0 Å². The predicted molar refractivity (Wildman–Crippen MR) is 97.0 cm³/mol. The molecule has 0 amide bonds.